The summed E-state index contributed by atoms with van der Waals surface area (Å²) in [5.74, 6) is 0.559. The highest BCUT2D eigenvalue weighted by atomic mass is 127. The highest BCUT2D eigenvalue weighted by molar-refractivity contribution is 14.0. The highest BCUT2D eigenvalue weighted by Gasteiger charge is 2.41. The predicted molar refractivity (Wildman–Crippen MR) is 111 cm³/mol. The number of nitrogens with zero attached hydrogens (tertiary/aromatic N) is 1. The topological polar surface area (TPSA) is 74.8 Å². The van der Waals surface area contributed by atoms with Crippen LogP contribution < -0.4 is 16.0 Å². The fourth-order valence-corrected chi connectivity index (χ4v) is 3.40. The van der Waals surface area contributed by atoms with E-state index in [1.807, 2.05) is 18.2 Å². The Labute approximate surface area is 166 Å². The third-order valence-corrected chi connectivity index (χ3v) is 4.69. The molecule has 0 radical (unpaired) electrons. The lowest BCUT2D eigenvalue weighted by Gasteiger charge is -2.22. The van der Waals surface area contributed by atoms with Gasteiger partial charge < -0.3 is 20.7 Å². The Hall–Kier alpha value is -1.35. The lowest BCUT2D eigenvalue weighted by atomic mass is 9.96. The SMILES string of the molecule is CCc1cccc(NC(=O)CNC(=NC)NC2CC3CCC2O3)c1.I. The first-order chi connectivity index (χ1) is 11.7. The lowest BCUT2D eigenvalue weighted by Crippen LogP contribution is -2.49. The summed E-state index contributed by atoms with van der Waals surface area (Å²) in [6, 6.07) is 8.20. The maximum absolute atomic E-state index is 12.1. The molecule has 25 heavy (non-hydrogen) atoms. The molecule has 6 nitrogen and oxygen atoms in total. The summed E-state index contributed by atoms with van der Waals surface area (Å²) in [4.78, 5) is 16.3. The van der Waals surface area contributed by atoms with E-state index in [4.69, 9.17) is 4.74 Å². The van der Waals surface area contributed by atoms with Crippen molar-refractivity contribution < 1.29 is 9.53 Å². The molecule has 3 rings (SSSR count). The molecule has 1 aromatic rings. The van der Waals surface area contributed by atoms with Gasteiger partial charge in [-0.1, -0.05) is 19.1 Å². The van der Waals surface area contributed by atoms with Crippen molar-refractivity contribution in [2.45, 2.75) is 50.9 Å². The Morgan fingerprint density at radius 1 is 1.36 bits per heavy atom. The van der Waals surface area contributed by atoms with E-state index in [0.717, 1.165) is 31.4 Å². The summed E-state index contributed by atoms with van der Waals surface area (Å²) in [7, 11) is 1.71. The highest BCUT2D eigenvalue weighted by Crippen LogP contribution is 2.34. The van der Waals surface area contributed by atoms with Crippen LogP contribution in [0.15, 0.2) is 29.3 Å². The molecule has 0 spiro atoms. The molecule has 2 fully saturated rings. The molecule has 2 heterocycles. The number of aliphatic imine (C=N–C) groups is 1. The zero-order valence-corrected chi connectivity index (χ0v) is 17.1. The second-order valence-corrected chi connectivity index (χ2v) is 6.39. The standard InChI is InChI=1S/C18H26N4O2.HI/c1-3-12-5-4-6-13(9-12)21-17(23)11-20-18(19-2)22-15-10-14-7-8-16(15)24-14;/h4-6,9,14-16H,3,7-8,10-11H2,1-2H3,(H,21,23)(H2,19,20,22);1H. The number of carbonyl (C=O) groups is 1. The Kier molecular flexibility index (Phi) is 7.49. The van der Waals surface area contributed by atoms with Gasteiger partial charge in [-0.2, -0.15) is 0 Å². The van der Waals surface area contributed by atoms with E-state index in [0.29, 0.717) is 18.1 Å². The van der Waals surface area contributed by atoms with E-state index < -0.39 is 0 Å². The average molecular weight is 458 g/mol. The number of benzene rings is 1. The Morgan fingerprint density at radius 2 is 2.20 bits per heavy atom. The molecule has 1 amide bonds. The van der Waals surface area contributed by atoms with E-state index in [1.165, 1.54) is 5.56 Å². The van der Waals surface area contributed by atoms with Crippen molar-refractivity contribution in [2.75, 3.05) is 18.9 Å². The second kappa shape index (κ2) is 9.38. The molecule has 2 aliphatic rings. The van der Waals surface area contributed by atoms with Gasteiger partial charge in [-0.15, -0.1) is 24.0 Å². The molecule has 3 unspecified atom stereocenters. The van der Waals surface area contributed by atoms with Crippen molar-refractivity contribution in [3.8, 4) is 0 Å². The number of amides is 1. The first-order valence-electron chi connectivity index (χ1n) is 8.69. The fraction of sp³-hybridized carbons (Fsp3) is 0.556. The number of hydrogen-bond acceptors (Lipinski definition) is 3. The number of hydrogen-bond donors (Lipinski definition) is 3. The zero-order valence-electron chi connectivity index (χ0n) is 14.7. The first kappa shape index (κ1) is 20.0. The summed E-state index contributed by atoms with van der Waals surface area (Å²) in [6.45, 7) is 2.27. The maximum atomic E-state index is 12.1. The van der Waals surface area contributed by atoms with Crippen molar-refractivity contribution >= 4 is 41.5 Å². The second-order valence-electron chi connectivity index (χ2n) is 6.39. The molecule has 0 saturated carbocycles. The normalized spacial score (nSPS) is 24.6. The molecule has 138 valence electrons. The van der Waals surface area contributed by atoms with Crippen LogP contribution in [0.25, 0.3) is 0 Å². The van der Waals surface area contributed by atoms with Gasteiger partial charge in [0.1, 0.15) is 0 Å². The molecule has 1 aromatic carbocycles. The number of rotatable bonds is 5. The monoisotopic (exact) mass is 458 g/mol. The number of guanidine groups is 1. The van der Waals surface area contributed by atoms with Gasteiger partial charge in [0.25, 0.3) is 0 Å². The number of ether oxygens (including phenoxy) is 1. The molecule has 2 bridgehead atoms. The molecule has 0 aromatic heterocycles. The van der Waals surface area contributed by atoms with Gasteiger partial charge in [-0.3, -0.25) is 9.79 Å². The van der Waals surface area contributed by atoms with Gasteiger partial charge in [-0.05, 0) is 43.4 Å². The van der Waals surface area contributed by atoms with Gasteiger partial charge in [0, 0.05) is 12.7 Å². The summed E-state index contributed by atoms with van der Waals surface area (Å²) in [6.07, 6.45) is 4.90. The van der Waals surface area contributed by atoms with Crippen LogP contribution >= 0.6 is 24.0 Å². The van der Waals surface area contributed by atoms with Crippen LogP contribution in [0.3, 0.4) is 0 Å². The summed E-state index contributed by atoms with van der Waals surface area (Å²) in [5.41, 5.74) is 2.03. The van der Waals surface area contributed by atoms with E-state index >= 15 is 0 Å². The van der Waals surface area contributed by atoms with Crippen LogP contribution in [0.4, 0.5) is 5.69 Å². The lowest BCUT2D eigenvalue weighted by molar-refractivity contribution is -0.115. The number of carbonyl (C=O) groups excluding carboxylic acids is 1. The molecule has 7 heteroatoms. The summed E-state index contributed by atoms with van der Waals surface area (Å²) in [5, 5.41) is 9.35. The van der Waals surface area contributed by atoms with Crippen molar-refractivity contribution in [1.29, 1.82) is 0 Å². The zero-order chi connectivity index (χ0) is 16.9. The van der Waals surface area contributed by atoms with E-state index in [-0.39, 0.29) is 42.5 Å². The van der Waals surface area contributed by atoms with Crippen molar-refractivity contribution in [3.05, 3.63) is 29.8 Å². The molecular formula is C18H27IN4O2. The Balaban J connectivity index is 0.00000225. The minimum Gasteiger partial charge on any atom is -0.373 e. The minimum atomic E-state index is -0.0876. The van der Waals surface area contributed by atoms with Crippen molar-refractivity contribution in [1.82, 2.24) is 10.6 Å². The summed E-state index contributed by atoms with van der Waals surface area (Å²) >= 11 is 0. The molecule has 3 N–H and O–H groups in total. The van der Waals surface area contributed by atoms with Gasteiger partial charge in [-0.25, -0.2) is 0 Å². The Bertz CT molecular complexity index is 623. The van der Waals surface area contributed by atoms with Crippen LogP contribution in [0.2, 0.25) is 0 Å². The minimum absolute atomic E-state index is 0. The molecule has 2 aliphatic heterocycles. The van der Waals surface area contributed by atoms with Gasteiger partial charge in [0.2, 0.25) is 5.91 Å². The van der Waals surface area contributed by atoms with E-state index in [9.17, 15) is 4.79 Å². The Morgan fingerprint density at radius 3 is 2.84 bits per heavy atom. The molecule has 2 saturated heterocycles. The third kappa shape index (κ3) is 5.31. The smallest absolute Gasteiger partial charge is 0.243 e. The van der Waals surface area contributed by atoms with Gasteiger partial charge >= 0.3 is 0 Å². The van der Waals surface area contributed by atoms with Gasteiger partial charge in [0.15, 0.2) is 5.96 Å². The van der Waals surface area contributed by atoms with Crippen LogP contribution in [-0.2, 0) is 16.0 Å². The maximum Gasteiger partial charge on any atom is 0.243 e. The number of aryl methyl sites for hydroxylation is 1. The number of anilines is 1. The first-order valence-corrected chi connectivity index (χ1v) is 8.69. The molecule has 0 aliphatic carbocycles. The number of nitrogens with one attached hydrogen (secondary N) is 3. The van der Waals surface area contributed by atoms with Gasteiger partial charge in [0.05, 0.1) is 24.8 Å². The van der Waals surface area contributed by atoms with E-state index in [2.05, 4.69) is 33.9 Å². The third-order valence-electron chi connectivity index (χ3n) is 4.69. The van der Waals surface area contributed by atoms with Crippen LogP contribution in [0.1, 0.15) is 31.7 Å². The van der Waals surface area contributed by atoms with Crippen LogP contribution in [-0.4, -0.2) is 43.7 Å². The van der Waals surface area contributed by atoms with Crippen molar-refractivity contribution in [2.24, 2.45) is 4.99 Å². The quantitative estimate of drug-likeness (QED) is 0.360. The molecule has 3 atom stereocenters. The fourth-order valence-electron chi connectivity index (χ4n) is 3.40. The van der Waals surface area contributed by atoms with Crippen LogP contribution in [0, 0.1) is 0 Å². The van der Waals surface area contributed by atoms with Crippen LogP contribution in [0.5, 0.6) is 0 Å². The average Bonchev–Trinajstić information content (AvgIpc) is 3.21. The van der Waals surface area contributed by atoms with Crippen molar-refractivity contribution in [3.63, 3.8) is 0 Å². The summed E-state index contributed by atoms with van der Waals surface area (Å²) < 4.78 is 5.83. The van der Waals surface area contributed by atoms with E-state index in [1.54, 1.807) is 7.05 Å². The largest absolute Gasteiger partial charge is 0.373 e. The predicted octanol–water partition coefficient (Wildman–Crippen LogP) is 2.29. The number of fused-ring (bicyclic) bond motifs is 2. The number of halogens is 1. The molecular weight excluding hydrogens is 431 g/mol.